The minimum atomic E-state index is -0.0292. The third-order valence-corrected chi connectivity index (χ3v) is 6.01. The Labute approximate surface area is 178 Å². The highest BCUT2D eigenvalue weighted by Gasteiger charge is 2.10. The normalized spacial score (nSPS) is 10.7. The molecule has 0 saturated carbocycles. The molecule has 1 N–H and O–H groups in total. The summed E-state index contributed by atoms with van der Waals surface area (Å²) in [6, 6.07) is 16.1. The molecule has 29 heavy (non-hydrogen) atoms. The van der Waals surface area contributed by atoms with E-state index >= 15 is 0 Å². The summed E-state index contributed by atoms with van der Waals surface area (Å²) in [7, 11) is 1.64. The zero-order chi connectivity index (χ0) is 20.5. The summed E-state index contributed by atoms with van der Waals surface area (Å²) in [5, 5.41) is 15.3. The van der Waals surface area contributed by atoms with Crippen LogP contribution in [0.4, 0.5) is 0 Å². The Bertz CT molecular complexity index is 913. The Morgan fingerprint density at radius 3 is 2.59 bits per heavy atom. The maximum Gasteiger partial charge on any atom is 0.230 e. The summed E-state index contributed by atoms with van der Waals surface area (Å²) in [5.74, 6) is 1.88. The van der Waals surface area contributed by atoms with E-state index in [2.05, 4.69) is 52.0 Å². The van der Waals surface area contributed by atoms with Crippen LogP contribution in [0.2, 0.25) is 0 Å². The quantitative estimate of drug-likeness (QED) is 0.392. The van der Waals surface area contributed by atoms with Crippen LogP contribution in [-0.2, 0) is 11.3 Å². The lowest BCUT2D eigenvalue weighted by Gasteiger charge is -2.07. The van der Waals surface area contributed by atoms with Crippen LogP contribution in [0.3, 0.4) is 0 Å². The van der Waals surface area contributed by atoms with E-state index in [1.807, 2.05) is 24.3 Å². The number of ether oxygens (including phenoxy) is 1. The molecule has 0 saturated heterocycles. The van der Waals surface area contributed by atoms with Crippen molar-refractivity contribution < 1.29 is 9.53 Å². The number of methoxy groups -OCH3 is 1. The summed E-state index contributed by atoms with van der Waals surface area (Å²) in [5.41, 5.74) is 2.30. The fourth-order valence-corrected chi connectivity index (χ4v) is 3.95. The van der Waals surface area contributed by atoms with Gasteiger partial charge in [-0.25, -0.2) is 4.68 Å². The van der Waals surface area contributed by atoms with E-state index in [-0.39, 0.29) is 11.7 Å². The van der Waals surface area contributed by atoms with E-state index in [0.29, 0.717) is 18.2 Å². The number of carbonyl (C=O) groups is 1. The summed E-state index contributed by atoms with van der Waals surface area (Å²) in [6.45, 7) is 3.22. The van der Waals surface area contributed by atoms with Gasteiger partial charge < -0.3 is 10.1 Å². The number of thioether (sulfide) groups is 2. The van der Waals surface area contributed by atoms with Gasteiger partial charge in [0, 0.05) is 17.2 Å². The number of rotatable bonds is 10. The van der Waals surface area contributed by atoms with Crippen LogP contribution >= 0.6 is 23.5 Å². The Kier molecular flexibility index (Phi) is 7.94. The van der Waals surface area contributed by atoms with Crippen LogP contribution in [0.25, 0.3) is 0 Å². The average molecular weight is 430 g/mol. The van der Waals surface area contributed by atoms with Gasteiger partial charge in [0.25, 0.3) is 0 Å². The van der Waals surface area contributed by atoms with Crippen LogP contribution in [0.5, 0.6) is 5.75 Å². The first-order valence-electron chi connectivity index (χ1n) is 9.12. The SMILES string of the molecule is COc1ccc(Cn2nnnc2SCC(=O)NCCSc2ccc(C)cc2)cc1. The highest BCUT2D eigenvalue weighted by molar-refractivity contribution is 7.99. The molecule has 0 bridgehead atoms. The van der Waals surface area contributed by atoms with E-state index in [0.717, 1.165) is 17.1 Å². The van der Waals surface area contributed by atoms with Gasteiger partial charge in [-0.1, -0.05) is 41.6 Å². The van der Waals surface area contributed by atoms with Crippen molar-refractivity contribution in [3.8, 4) is 5.75 Å². The van der Waals surface area contributed by atoms with Crippen molar-refractivity contribution in [2.24, 2.45) is 0 Å². The van der Waals surface area contributed by atoms with Crippen molar-refractivity contribution in [1.29, 1.82) is 0 Å². The predicted octanol–water partition coefficient (Wildman–Crippen LogP) is 3.04. The zero-order valence-corrected chi connectivity index (χ0v) is 18.0. The van der Waals surface area contributed by atoms with Crippen molar-refractivity contribution in [3.05, 3.63) is 59.7 Å². The van der Waals surface area contributed by atoms with Crippen LogP contribution < -0.4 is 10.1 Å². The fourth-order valence-electron chi connectivity index (χ4n) is 2.48. The predicted molar refractivity (Wildman–Crippen MR) is 116 cm³/mol. The molecule has 0 fully saturated rings. The van der Waals surface area contributed by atoms with Crippen molar-refractivity contribution in [2.75, 3.05) is 25.2 Å². The first kappa shape index (κ1) is 21.2. The van der Waals surface area contributed by atoms with Gasteiger partial charge >= 0.3 is 0 Å². The summed E-state index contributed by atoms with van der Waals surface area (Å²) in [6.07, 6.45) is 0. The molecule has 1 aromatic heterocycles. The van der Waals surface area contributed by atoms with Crippen molar-refractivity contribution in [1.82, 2.24) is 25.5 Å². The number of hydrogen-bond acceptors (Lipinski definition) is 7. The third kappa shape index (κ3) is 6.79. The summed E-state index contributed by atoms with van der Waals surface area (Å²) < 4.78 is 6.85. The Balaban J connectivity index is 1.40. The van der Waals surface area contributed by atoms with Crippen LogP contribution in [0.1, 0.15) is 11.1 Å². The number of nitrogens with zero attached hydrogens (tertiary/aromatic N) is 4. The van der Waals surface area contributed by atoms with Gasteiger partial charge in [0.15, 0.2) is 0 Å². The molecule has 2 aromatic carbocycles. The van der Waals surface area contributed by atoms with E-state index in [1.54, 1.807) is 23.6 Å². The lowest BCUT2D eigenvalue weighted by Crippen LogP contribution is -2.27. The number of aromatic nitrogens is 4. The maximum atomic E-state index is 12.1. The van der Waals surface area contributed by atoms with E-state index in [9.17, 15) is 4.79 Å². The molecular weight excluding hydrogens is 406 g/mol. The molecule has 0 atom stereocenters. The molecule has 9 heteroatoms. The van der Waals surface area contributed by atoms with E-state index in [1.165, 1.54) is 22.2 Å². The summed E-state index contributed by atoms with van der Waals surface area (Å²) in [4.78, 5) is 13.3. The number of tetrazole rings is 1. The lowest BCUT2D eigenvalue weighted by molar-refractivity contribution is -0.118. The van der Waals surface area contributed by atoms with Crippen molar-refractivity contribution >= 4 is 29.4 Å². The smallest absolute Gasteiger partial charge is 0.230 e. The molecule has 0 spiro atoms. The zero-order valence-electron chi connectivity index (χ0n) is 16.4. The molecule has 0 radical (unpaired) electrons. The molecule has 0 aliphatic rings. The molecule has 3 rings (SSSR count). The van der Waals surface area contributed by atoms with Gasteiger partial charge in [0.1, 0.15) is 5.75 Å². The third-order valence-electron chi connectivity index (χ3n) is 4.04. The molecule has 0 aliphatic heterocycles. The van der Waals surface area contributed by atoms with Crippen molar-refractivity contribution in [3.63, 3.8) is 0 Å². The monoisotopic (exact) mass is 429 g/mol. The lowest BCUT2D eigenvalue weighted by atomic mass is 10.2. The van der Waals surface area contributed by atoms with Gasteiger partial charge in [-0.3, -0.25) is 4.79 Å². The second-order valence-electron chi connectivity index (χ2n) is 6.27. The molecular formula is C20H23N5O2S2. The number of amides is 1. The highest BCUT2D eigenvalue weighted by atomic mass is 32.2. The van der Waals surface area contributed by atoms with E-state index < -0.39 is 0 Å². The first-order valence-corrected chi connectivity index (χ1v) is 11.1. The number of hydrogen-bond donors (Lipinski definition) is 1. The molecule has 3 aromatic rings. The number of nitrogens with one attached hydrogen (secondary N) is 1. The second kappa shape index (κ2) is 10.9. The first-order chi connectivity index (χ1) is 14.1. The minimum Gasteiger partial charge on any atom is -0.497 e. The molecule has 7 nitrogen and oxygen atoms in total. The highest BCUT2D eigenvalue weighted by Crippen LogP contribution is 2.18. The summed E-state index contributed by atoms with van der Waals surface area (Å²) >= 11 is 3.05. The Morgan fingerprint density at radius 2 is 1.86 bits per heavy atom. The molecule has 1 heterocycles. The minimum absolute atomic E-state index is 0.0292. The number of aryl methyl sites for hydroxylation is 1. The molecule has 152 valence electrons. The molecule has 1 amide bonds. The van der Waals surface area contributed by atoms with Crippen molar-refractivity contribution in [2.45, 2.75) is 23.5 Å². The van der Waals surface area contributed by atoms with Gasteiger partial charge in [-0.15, -0.1) is 16.9 Å². The van der Waals surface area contributed by atoms with Gasteiger partial charge in [-0.2, -0.15) is 0 Å². The van der Waals surface area contributed by atoms with Crippen LogP contribution in [-0.4, -0.2) is 51.3 Å². The maximum absolute atomic E-state index is 12.1. The molecule has 0 aliphatic carbocycles. The molecule has 0 unspecified atom stereocenters. The van der Waals surface area contributed by atoms with Gasteiger partial charge in [-0.05, 0) is 47.2 Å². The Hall–Kier alpha value is -2.52. The standard InChI is InChI=1S/C20H23N5O2S2/c1-15-3-9-18(10-4-15)28-12-11-21-19(26)14-29-20-22-23-24-25(20)13-16-5-7-17(27-2)8-6-16/h3-10H,11-14H2,1-2H3,(H,21,26). The number of benzene rings is 2. The fraction of sp³-hybridized carbons (Fsp3) is 0.300. The van der Waals surface area contributed by atoms with E-state index in [4.69, 9.17) is 4.74 Å². The average Bonchev–Trinajstić information content (AvgIpc) is 3.18. The second-order valence-corrected chi connectivity index (χ2v) is 8.38. The van der Waals surface area contributed by atoms with Crippen LogP contribution in [0.15, 0.2) is 58.6 Å². The topological polar surface area (TPSA) is 81.9 Å². The van der Waals surface area contributed by atoms with Gasteiger partial charge in [0.2, 0.25) is 11.1 Å². The Morgan fingerprint density at radius 1 is 1.10 bits per heavy atom. The largest absolute Gasteiger partial charge is 0.497 e. The van der Waals surface area contributed by atoms with Gasteiger partial charge in [0.05, 0.1) is 19.4 Å². The number of carbonyl (C=O) groups excluding carboxylic acids is 1. The van der Waals surface area contributed by atoms with Crippen LogP contribution in [0, 0.1) is 6.92 Å².